The molecule has 0 aromatic carbocycles. The van der Waals surface area contributed by atoms with E-state index in [1.165, 1.54) is 25.7 Å². The number of hydrogen-bond donors (Lipinski definition) is 1. The van der Waals surface area contributed by atoms with Gasteiger partial charge in [-0.25, -0.2) is 4.98 Å². The Kier molecular flexibility index (Phi) is 5.77. The van der Waals surface area contributed by atoms with E-state index in [0.717, 1.165) is 37.1 Å². The first-order chi connectivity index (χ1) is 9.74. The van der Waals surface area contributed by atoms with Gasteiger partial charge < -0.3 is 10.2 Å². The number of nitrogens with zero attached hydrogens (tertiary/aromatic N) is 3. The highest BCUT2D eigenvalue weighted by atomic mass is 15.2. The summed E-state index contributed by atoms with van der Waals surface area (Å²) in [5.74, 6) is 1.02. The maximum absolute atomic E-state index is 4.62. The molecule has 2 rings (SSSR count). The Bertz CT molecular complexity index is 386. The molecular formula is C16H28N4. The van der Waals surface area contributed by atoms with Gasteiger partial charge in [-0.1, -0.05) is 20.3 Å². The lowest BCUT2D eigenvalue weighted by Gasteiger charge is -2.29. The average molecular weight is 276 g/mol. The minimum atomic E-state index is 0.520. The molecule has 0 spiro atoms. The number of anilines is 1. The van der Waals surface area contributed by atoms with E-state index in [-0.39, 0.29) is 0 Å². The van der Waals surface area contributed by atoms with E-state index < -0.39 is 0 Å². The number of aromatic nitrogens is 2. The summed E-state index contributed by atoms with van der Waals surface area (Å²) < 4.78 is 0. The van der Waals surface area contributed by atoms with Crippen LogP contribution in [-0.4, -0.2) is 28.6 Å². The van der Waals surface area contributed by atoms with Crippen LogP contribution >= 0.6 is 0 Å². The van der Waals surface area contributed by atoms with Gasteiger partial charge in [-0.3, -0.25) is 4.98 Å². The van der Waals surface area contributed by atoms with E-state index in [4.69, 9.17) is 0 Å². The van der Waals surface area contributed by atoms with Crippen LogP contribution < -0.4 is 10.2 Å². The highest BCUT2D eigenvalue weighted by molar-refractivity contribution is 5.37. The van der Waals surface area contributed by atoms with Crippen LogP contribution in [0.5, 0.6) is 0 Å². The van der Waals surface area contributed by atoms with Crippen LogP contribution in [0, 0.1) is 0 Å². The van der Waals surface area contributed by atoms with Crippen molar-refractivity contribution in [3.05, 3.63) is 18.1 Å². The topological polar surface area (TPSA) is 41.1 Å². The Morgan fingerprint density at radius 3 is 2.65 bits per heavy atom. The maximum Gasteiger partial charge on any atom is 0.147 e. The van der Waals surface area contributed by atoms with Gasteiger partial charge in [-0.05, 0) is 32.6 Å². The van der Waals surface area contributed by atoms with Crippen LogP contribution in [0.4, 0.5) is 5.82 Å². The molecule has 0 radical (unpaired) electrons. The largest absolute Gasteiger partial charge is 0.353 e. The van der Waals surface area contributed by atoms with Crippen LogP contribution in [0.25, 0.3) is 0 Å². The lowest BCUT2D eigenvalue weighted by atomic mass is 10.2. The van der Waals surface area contributed by atoms with Crippen LogP contribution in [0.2, 0.25) is 0 Å². The summed E-state index contributed by atoms with van der Waals surface area (Å²) in [6, 6.07) is 1.24. The van der Waals surface area contributed by atoms with Gasteiger partial charge in [0.25, 0.3) is 0 Å². The zero-order chi connectivity index (χ0) is 14.4. The van der Waals surface area contributed by atoms with E-state index in [0.29, 0.717) is 6.04 Å². The second kappa shape index (κ2) is 7.58. The molecule has 0 saturated heterocycles. The van der Waals surface area contributed by atoms with Gasteiger partial charge in [-0.15, -0.1) is 0 Å². The second-order valence-electron chi connectivity index (χ2n) is 5.83. The van der Waals surface area contributed by atoms with E-state index >= 15 is 0 Å². The van der Waals surface area contributed by atoms with Crippen LogP contribution in [-0.2, 0) is 6.54 Å². The molecule has 0 aliphatic heterocycles. The molecule has 4 nitrogen and oxygen atoms in total. The lowest BCUT2D eigenvalue weighted by Crippen LogP contribution is -2.34. The van der Waals surface area contributed by atoms with Gasteiger partial charge in [0.15, 0.2) is 0 Å². The van der Waals surface area contributed by atoms with Crippen LogP contribution in [0.3, 0.4) is 0 Å². The molecule has 4 heteroatoms. The number of nitrogens with one attached hydrogen (secondary N) is 1. The molecule has 1 saturated carbocycles. The predicted molar refractivity (Wildman–Crippen MR) is 83.9 cm³/mol. The zero-order valence-corrected chi connectivity index (χ0v) is 13.1. The fourth-order valence-corrected chi connectivity index (χ4v) is 2.23. The fourth-order valence-electron chi connectivity index (χ4n) is 2.23. The Morgan fingerprint density at radius 2 is 2.10 bits per heavy atom. The Morgan fingerprint density at radius 1 is 1.30 bits per heavy atom. The Labute approximate surface area is 123 Å². The van der Waals surface area contributed by atoms with Crippen molar-refractivity contribution in [1.29, 1.82) is 0 Å². The summed E-state index contributed by atoms with van der Waals surface area (Å²) in [6.45, 7) is 8.63. The lowest BCUT2D eigenvalue weighted by molar-refractivity contribution is 0.587. The molecule has 1 N–H and O–H groups in total. The number of hydrogen-bond acceptors (Lipinski definition) is 4. The minimum Gasteiger partial charge on any atom is -0.353 e. The molecule has 1 aliphatic carbocycles. The molecule has 112 valence electrons. The molecule has 0 bridgehead atoms. The first kappa shape index (κ1) is 15.2. The van der Waals surface area contributed by atoms with Gasteiger partial charge >= 0.3 is 0 Å². The predicted octanol–water partition coefficient (Wildman–Crippen LogP) is 3.13. The molecule has 1 aromatic heterocycles. The van der Waals surface area contributed by atoms with E-state index in [1.807, 2.05) is 12.4 Å². The summed E-state index contributed by atoms with van der Waals surface area (Å²) in [5.41, 5.74) is 1.04. The Hall–Kier alpha value is -1.16. The summed E-state index contributed by atoms with van der Waals surface area (Å²) in [5, 5.41) is 3.47. The van der Waals surface area contributed by atoms with Crippen molar-refractivity contribution in [3.63, 3.8) is 0 Å². The fraction of sp³-hybridized carbons (Fsp3) is 0.750. The molecule has 20 heavy (non-hydrogen) atoms. The third-order valence-corrected chi connectivity index (χ3v) is 4.01. The molecule has 0 amide bonds. The number of unbranched alkanes of at least 4 members (excludes halogenated alkanes) is 1. The van der Waals surface area contributed by atoms with Gasteiger partial charge in [0, 0.05) is 25.2 Å². The first-order valence-electron chi connectivity index (χ1n) is 8.05. The maximum atomic E-state index is 4.62. The normalized spacial score (nSPS) is 16.1. The van der Waals surface area contributed by atoms with Gasteiger partial charge in [0.05, 0.1) is 18.1 Å². The summed E-state index contributed by atoms with van der Waals surface area (Å²) in [4.78, 5) is 11.6. The summed E-state index contributed by atoms with van der Waals surface area (Å²) in [6.07, 6.45) is 10.0. The summed E-state index contributed by atoms with van der Waals surface area (Å²) >= 11 is 0. The average Bonchev–Trinajstić information content (AvgIpc) is 3.30. The quantitative estimate of drug-likeness (QED) is 0.752. The van der Waals surface area contributed by atoms with Gasteiger partial charge in [0.1, 0.15) is 5.82 Å². The summed E-state index contributed by atoms with van der Waals surface area (Å²) in [7, 11) is 0. The molecule has 1 heterocycles. The standard InChI is InChI=1S/C16H28N4/c1-4-6-9-20(13(3)5-2)16-12-18-15(11-19-16)10-17-14-7-8-14/h11-14,17H,4-10H2,1-3H3. The first-order valence-corrected chi connectivity index (χ1v) is 8.05. The smallest absolute Gasteiger partial charge is 0.147 e. The monoisotopic (exact) mass is 276 g/mol. The van der Waals surface area contributed by atoms with Crippen molar-refractivity contribution in [3.8, 4) is 0 Å². The van der Waals surface area contributed by atoms with Gasteiger partial charge in [-0.2, -0.15) is 0 Å². The minimum absolute atomic E-state index is 0.520. The van der Waals surface area contributed by atoms with Crippen LogP contribution in [0.15, 0.2) is 12.4 Å². The van der Waals surface area contributed by atoms with E-state index in [9.17, 15) is 0 Å². The van der Waals surface area contributed by atoms with Crippen molar-refractivity contribution >= 4 is 5.82 Å². The molecule has 1 unspecified atom stereocenters. The van der Waals surface area contributed by atoms with Crippen molar-refractivity contribution in [2.75, 3.05) is 11.4 Å². The molecule has 1 fully saturated rings. The van der Waals surface area contributed by atoms with Crippen molar-refractivity contribution < 1.29 is 0 Å². The Balaban J connectivity index is 1.96. The second-order valence-corrected chi connectivity index (χ2v) is 5.83. The van der Waals surface area contributed by atoms with Crippen molar-refractivity contribution in [1.82, 2.24) is 15.3 Å². The number of rotatable bonds is 9. The highest BCUT2D eigenvalue weighted by Crippen LogP contribution is 2.19. The SMILES string of the molecule is CCCCN(c1cnc(CNC2CC2)cn1)C(C)CC. The highest BCUT2D eigenvalue weighted by Gasteiger charge is 2.20. The molecule has 1 aromatic rings. The van der Waals surface area contributed by atoms with E-state index in [2.05, 4.69) is 41.0 Å². The van der Waals surface area contributed by atoms with Gasteiger partial charge in [0.2, 0.25) is 0 Å². The molecule has 1 aliphatic rings. The zero-order valence-electron chi connectivity index (χ0n) is 13.1. The van der Waals surface area contributed by atoms with Crippen LogP contribution in [0.1, 0.15) is 58.6 Å². The third kappa shape index (κ3) is 4.44. The van der Waals surface area contributed by atoms with Crippen molar-refractivity contribution in [2.24, 2.45) is 0 Å². The van der Waals surface area contributed by atoms with Crippen molar-refractivity contribution in [2.45, 2.75) is 71.5 Å². The molecular weight excluding hydrogens is 248 g/mol. The van der Waals surface area contributed by atoms with E-state index in [1.54, 1.807) is 0 Å². The third-order valence-electron chi connectivity index (χ3n) is 4.01. The molecule has 1 atom stereocenters.